The van der Waals surface area contributed by atoms with Gasteiger partial charge in [-0.15, -0.1) is 0 Å². The van der Waals surface area contributed by atoms with Gasteiger partial charge in [-0.05, 0) is 56.5 Å². The van der Waals surface area contributed by atoms with Crippen molar-refractivity contribution in [1.82, 2.24) is 9.62 Å². The summed E-state index contributed by atoms with van der Waals surface area (Å²) < 4.78 is 38.0. The van der Waals surface area contributed by atoms with Crippen molar-refractivity contribution in [3.8, 4) is 5.75 Å². The number of sulfonamides is 1. The first-order valence-electron chi connectivity index (χ1n) is 11.4. The highest BCUT2D eigenvalue weighted by molar-refractivity contribution is 7.89. The molecule has 8 nitrogen and oxygen atoms in total. The average molecular weight is 486 g/mol. The highest BCUT2D eigenvalue weighted by atomic mass is 32.2. The van der Waals surface area contributed by atoms with Gasteiger partial charge in [0.15, 0.2) is 11.3 Å². The molecule has 1 amide bonds. The van der Waals surface area contributed by atoms with Crippen LogP contribution in [0.25, 0.3) is 11.0 Å². The molecule has 1 aliphatic rings. The summed E-state index contributed by atoms with van der Waals surface area (Å²) in [5.41, 5.74) is 1.70. The first-order valence-corrected chi connectivity index (χ1v) is 12.8. The van der Waals surface area contributed by atoms with Gasteiger partial charge >= 0.3 is 0 Å². The molecule has 3 aromatic rings. The smallest absolute Gasteiger partial charge is 0.254 e. The maximum Gasteiger partial charge on any atom is 0.254 e. The second-order valence-electron chi connectivity index (χ2n) is 8.74. The van der Waals surface area contributed by atoms with Crippen molar-refractivity contribution in [2.75, 3.05) is 39.2 Å². The van der Waals surface area contributed by atoms with Gasteiger partial charge in [-0.3, -0.25) is 4.79 Å². The van der Waals surface area contributed by atoms with Crippen molar-refractivity contribution in [2.45, 2.75) is 37.1 Å². The lowest BCUT2D eigenvalue weighted by Crippen LogP contribution is -2.34. The predicted molar refractivity (Wildman–Crippen MR) is 132 cm³/mol. The number of carbonyl (C=O) groups excluding carboxylic acids is 1. The molecule has 4 rings (SSSR count). The highest BCUT2D eigenvalue weighted by Gasteiger charge is 2.25. The van der Waals surface area contributed by atoms with E-state index in [0.717, 1.165) is 47.7 Å². The Kier molecular flexibility index (Phi) is 6.86. The molecule has 0 aliphatic carbocycles. The molecular weight excluding hydrogens is 454 g/mol. The summed E-state index contributed by atoms with van der Waals surface area (Å²) in [6.07, 6.45) is 3.23. The minimum atomic E-state index is -3.68. The average Bonchev–Trinajstić information content (AvgIpc) is 3.29. The largest absolute Gasteiger partial charge is 0.493 e. The van der Waals surface area contributed by atoms with E-state index in [4.69, 9.17) is 9.15 Å². The van der Waals surface area contributed by atoms with E-state index < -0.39 is 16.1 Å². The van der Waals surface area contributed by atoms with E-state index in [1.807, 2.05) is 31.2 Å². The number of hydrogen-bond donors (Lipinski definition) is 1. The Labute approximate surface area is 200 Å². The Morgan fingerprint density at radius 3 is 2.53 bits per heavy atom. The van der Waals surface area contributed by atoms with Crippen molar-refractivity contribution in [3.63, 3.8) is 0 Å². The number of furan rings is 1. The molecule has 1 atom stereocenters. The van der Waals surface area contributed by atoms with Crippen molar-refractivity contribution in [2.24, 2.45) is 0 Å². The zero-order valence-electron chi connectivity index (χ0n) is 20.0. The maximum atomic E-state index is 13.5. The van der Waals surface area contributed by atoms with Gasteiger partial charge in [-0.1, -0.05) is 12.1 Å². The van der Waals surface area contributed by atoms with Crippen molar-refractivity contribution >= 4 is 32.6 Å². The number of anilines is 1. The van der Waals surface area contributed by atoms with E-state index in [2.05, 4.69) is 10.2 Å². The minimum Gasteiger partial charge on any atom is -0.493 e. The Morgan fingerprint density at radius 1 is 1.12 bits per heavy atom. The number of carbonyl (C=O) groups is 1. The number of amides is 1. The van der Waals surface area contributed by atoms with Crippen LogP contribution in [0.15, 0.2) is 51.8 Å². The lowest BCUT2D eigenvalue weighted by molar-refractivity contribution is 0.0936. The molecule has 1 aromatic heterocycles. The van der Waals surface area contributed by atoms with Crippen LogP contribution < -0.4 is 15.0 Å². The molecule has 34 heavy (non-hydrogen) atoms. The Bertz CT molecular complexity index is 1290. The third-order valence-electron chi connectivity index (χ3n) is 6.21. The summed E-state index contributed by atoms with van der Waals surface area (Å²) in [6.45, 7) is 3.50. The van der Waals surface area contributed by atoms with Gasteiger partial charge in [-0.2, -0.15) is 0 Å². The quantitative estimate of drug-likeness (QED) is 0.540. The summed E-state index contributed by atoms with van der Waals surface area (Å²) in [4.78, 5) is 15.7. The number of fused-ring (bicyclic) bond motifs is 1. The predicted octanol–water partition coefficient (Wildman–Crippen LogP) is 4.17. The standard InChI is InChI=1S/C25H31N3O5S/c1-17(23-15-18-9-8-10-22(32-4)24(18)33-23)26-25(29)20-16-19(34(30,31)27(2)3)11-12-21(20)28-13-6-5-7-14-28/h8-12,15-17H,5-7,13-14H2,1-4H3,(H,26,29). The lowest BCUT2D eigenvalue weighted by Gasteiger charge is -2.31. The van der Waals surface area contributed by atoms with Gasteiger partial charge in [-0.25, -0.2) is 12.7 Å². The molecule has 1 aliphatic heterocycles. The molecule has 1 N–H and O–H groups in total. The number of nitrogens with one attached hydrogen (secondary N) is 1. The molecule has 9 heteroatoms. The van der Waals surface area contributed by atoms with Crippen LogP contribution in [-0.4, -0.2) is 52.9 Å². The zero-order valence-corrected chi connectivity index (χ0v) is 20.8. The monoisotopic (exact) mass is 485 g/mol. The first kappa shape index (κ1) is 24.1. The van der Waals surface area contributed by atoms with E-state index in [1.54, 1.807) is 19.2 Å². The molecule has 2 aromatic carbocycles. The second-order valence-corrected chi connectivity index (χ2v) is 10.9. The van der Waals surface area contributed by atoms with Crippen molar-refractivity contribution < 1.29 is 22.4 Å². The molecule has 0 saturated carbocycles. The summed E-state index contributed by atoms with van der Waals surface area (Å²) in [5.74, 6) is 0.858. The molecule has 1 fully saturated rings. The van der Waals surface area contributed by atoms with Crippen molar-refractivity contribution in [3.05, 3.63) is 53.8 Å². The fraction of sp³-hybridized carbons (Fsp3) is 0.400. The minimum absolute atomic E-state index is 0.0875. The van der Waals surface area contributed by atoms with Crippen LogP contribution in [-0.2, 0) is 10.0 Å². The summed E-state index contributed by atoms with van der Waals surface area (Å²) in [5, 5.41) is 3.87. The Hall–Kier alpha value is -3.04. The summed E-state index contributed by atoms with van der Waals surface area (Å²) in [6, 6.07) is 11.9. The molecule has 2 heterocycles. The lowest BCUT2D eigenvalue weighted by atomic mass is 10.1. The number of piperidine rings is 1. The number of ether oxygens (including phenoxy) is 1. The van der Waals surface area contributed by atoms with Crippen LogP contribution in [0.4, 0.5) is 5.69 Å². The van der Waals surface area contributed by atoms with Gasteiger partial charge in [0.2, 0.25) is 10.0 Å². The number of hydrogen-bond acceptors (Lipinski definition) is 6. The van der Waals surface area contributed by atoms with Gasteiger partial charge in [0.1, 0.15) is 5.76 Å². The number of benzene rings is 2. The van der Waals surface area contributed by atoms with Gasteiger partial charge in [0, 0.05) is 38.3 Å². The van der Waals surface area contributed by atoms with Crippen LogP contribution in [0, 0.1) is 0 Å². The van der Waals surface area contributed by atoms with E-state index in [1.165, 1.54) is 20.2 Å². The van der Waals surface area contributed by atoms with E-state index >= 15 is 0 Å². The van der Waals surface area contributed by atoms with Gasteiger partial charge < -0.3 is 19.4 Å². The van der Waals surface area contributed by atoms with E-state index in [9.17, 15) is 13.2 Å². The molecule has 182 valence electrons. The Balaban J connectivity index is 1.67. The molecule has 0 radical (unpaired) electrons. The van der Waals surface area contributed by atoms with Crippen LogP contribution in [0.5, 0.6) is 5.75 Å². The number of para-hydroxylation sites is 1. The molecule has 1 saturated heterocycles. The van der Waals surface area contributed by atoms with Crippen molar-refractivity contribution in [1.29, 1.82) is 0 Å². The zero-order chi connectivity index (χ0) is 24.5. The molecule has 0 spiro atoms. The fourth-order valence-corrected chi connectivity index (χ4v) is 5.18. The fourth-order valence-electron chi connectivity index (χ4n) is 4.25. The molecule has 1 unspecified atom stereocenters. The number of methoxy groups -OCH3 is 1. The van der Waals surface area contributed by atoms with Crippen LogP contribution in [0.1, 0.15) is 48.3 Å². The summed E-state index contributed by atoms with van der Waals surface area (Å²) >= 11 is 0. The van der Waals surface area contributed by atoms with Crippen LogP contribution in [0.2, 0.25) is 0 Å². The highest BCUT2D eigenvalue weighted by Crippen LogP contribution is 2.32. The first-order chi connectivity index (χ1) is 16.2. The molecule has 0 bridgehead atoms. The normalized spacial score (nSPS) is 15.5. The van der Waals surface area contributed by atoms with Crippen LogP contribution in [0.3, 0.4) is 0 Å². The number of rotatable bonds is 7. The number of nitrogens with zero attached hydrogens (tertiary/aromatic N) is 2. The topological polar surface area (TPSA) is 92.1 Å². The van der Waals surface area contributed by atoms with Gasteiger partial charge in [0.05, 0.1) is 23.6 Å². The second kappa shape index (κ2) is 9.68. The molecular formula is C25H31N3O5S. The SMILES string of the molecule is COc1cccc2cc(C(C)NC(=O)c3cc(S(=O)(=O)N(C)C)ccc3N3CCCCC3)oc12. The van der Waals surface area contributed by atoms with E-state index in [-0.39, 0.29) is 10.8 Å². The summed E-state index contributed by atoms with van der Waals surface area (Å²) in [7, 11) is 0.854. The van der Waals surface area contributed by atoms with E-state index in [0.29, 0.717) is 22.7 Å². The maximum absolute atomic E-state index is 13.5. The van der Waals surface area contributed by atoms with Crippen LogP contribution >= 0.6 is 0 Å². The van der Waals surface area contributed by atoms with Gasteiger partial charge in [0.25, 0.3) is 5.91 Å². The third-order valence-corrected chi connectivity index (χ3v) is 8.02. The Morgan fingerprint density at radius 2 is 1.85 bits per heavy atom. The third kappa shape index (κ3) is 4.63.